The summed E-state index contributed by atoms with van der Waals surface area (Å²) in [5.74, 6) is 5.95. The Morgan fingerprint density at radius 3 is 2.95 bits per heavy atom. The number of hydrogen-bond donors (Lipinski definition) is 0. The van der Waals surface area contributed by atoms with E-state index in [4.69, 9.17) is 11.6 Å². The zero-order valence-electron chi connectivity index (χ0n) is 11.0. The molecule has 0 aromatic carbocycles. The van der Waals surface area contributed by atoms with Crippen LogP contribution in [0.3, 0.4) is 0 Å². The SMILES string of the molecule is CC1(C)/C(=C/C#Cc2cc(Cl)ccn2)CCN1C=O. The number of pyridine rings is 1. The Balaban J connectivity index is 2.19. The fourth-order valence-corrected chi connectivity index (χ4v) is 2.27. The fourth-order valence-electron chi connectivity index (χ4n) is 2.11. The lowest BCUT2D eigenvalue weighted by atomic mass is 9.95. The lowest BCUT2D eigenvalue weighted by molar-refractivity contribution is -0.120. The van der Waals surface area contributed by atoms with Gasteiger partial charge in [0, 0.05) is 17.8 Å². The number of allylic oxidation sites excluding steroid dienone is 1. The summed E-state index contributed by atoms with van der Waals surface area (Å²) in [6.45, 7) is 4.80. The van der Waals surface area contributed by atoms with Crippen LogP contribution in [0.2, 0.25) is 5.02 Å². The minimum Gasteiger partial charge on any atom is -0.336 e. The molecule has 0 unspecified atom stereocenters. The van der Waals surface area contributed by atoms with Crippen LogP contribution in [0.15, 0.2) is 30.0 Å². The first-order valence-electron chi connectivity index (χ1n) is 6.08. The summed E-state index contributed by atoms with van der Waals surface area (Å²) < 4.78 is 0. The fraction of sp³-hybridized carbons (Fsp3) is 0.333. The van der Waals surface area contributed by atoms with E-state index in [0.29, 0.717) is 10.7 Å². The van der Waals surface area contributed by atoms with Crippen molar-refractivity contribution in [2.24, 2.45) is 0 Å². The maximum Gasteiger partial charge on any atom is 0.210 e. The number of aromatic nitrogens is 1. The van der Waals surface area contributed by atoms with E-state index < -0.39 is 0 Å². The molecule has 1 aromatic heterocycles. The van der Waals surface area contributed by atoms with E-state index in [1.165, 1.54) is 0 Å². The Hall–Kier alpha value is -1.79. The van der Waals surface area contributed by atoms with Gasteiger partial charge >= 0.3 is 0 Å². The summed E-state index contributed by atoms with van der Waals surface area (Å²) >= 11 is 5.87. The average Bonchev–Trinajstić information content (AvgIpc) is 2.64. The van der Waals surface area contributed by atoms with Gasteiger partial charge in [0.1, 0.15) is 5.69 Å². The Morgan fingerprint density at radius 1 is 1.53 bits per heavy atom. The van der Waals surface area contributed by atoms with Gasteiger partial charge in [0.15, 0.2) is 0 Å². The van der Waals surface area contributed by atoms with Crippen molar-refractivity contribution in [3.8, 4) is 11.8 Å². The number of rotatable bonds is 1. The summed E-state index contributed by atoms with van der Waals surface area (Å²) in [5.41, 5.74) is 1.56. The minimum absolute atomic E-state index is 0.252. The van der Waals surface area contributed by atoms with Gasteiger partial charge in [-0.1, -0.05) is 17.5 Å². The molecule has 0 saturated carbocycles. The number of nitrogens with zero attached hydrogens (tertiary/aromatic N) is 2. The number of carbonyl (C=O) groups is 1. The minimum atomic E-state index is -0.252. The van der Waals surface area contributed by atoms with Gasteiger partial charge in [0.05, 0.1) is 5.54 Å². The standard InChI is InChI=1S/C15H15ClN2O/c1-15(2)12(7-9-18(15)11-19)4-3-5-14-10-13(16)6-8-17-14/h4,6,8,10-11H,7,9H2,1-2H3/b12-4+. The highest BCUT2D eigenvalue weighted by molar-refractivity contribution is 6.30. The van der Waals surface area contributed by atoms with Crippen LogP contribution in [0.25, 0.3) is 0 Å². The molecule has 1 amide bonds. The molecule has 2 heterocycles. The van der Waals surface area contributed by atoms with E-state index in [2.05, 4.69) is 16.8 Å². The van der Waals surface area contributed by atoms with E-state index in [0.717, 1.165) is 24.9 Å². The summed E-state index contributed by atoms with van der Waals surface area (Å²) in [6, 6.07) is 3.44. The first-order chi connectivity index (χ1) is 9.04. The van der Waals surface area contributed by atoms with Crippen LogP contribution in [-0.2, 0) is 4.79 Å². The predicted octanol–water partition coefficient (Wildman–Crippen LogP) is 2.65. The van der Waals surface area contributed by atoms with Crippen molar-refractivity contribution in [1.29, 1.82) is 0 Å². The Labute approximate surface area is 118 Å². The van der Waals surface area contributed by atoms with Gasteiger partial charge in [0.25, 0.3) is 0 Å². The van der Waals surface area contributed by atoms with E-state index in [9.17, 15) is 4.79 Å². The van der Waals surface area contributed by atoms with Crippen molar-refractivity contribution < 1.29 is 4.79 Å². The van der Waals surface area contributed by atoms with Gasteiger partial charge in [-0.15, -0.1) is 0 Å². The van der Waals surface area contributed by atoms with Crippen molar-refractivity contribution in [3.05, 3.63) is 40.7 Å². The number of amides is 1. The van der Waals surface area contributed by atoms with Crippen molar-refractivity contribution in [2.45, 2.75) is 25.8 Å². The zero-order chi connectivity index (χ0) is 13.9. The smallest absolute Gasteiger partial charge is 0.210 e. The van der Waals surface area contributed by atoms with E-state index in [1.54, 1.807) is 23.2 Å². The second-order valence-electron chi connectivity index (χ2n) is 4.91. The number of halogens is 1. The van der Waals surface area contributed by atoms with Gasteiger partial charge in [-0.3, -0.25) is 4.79 Å². The van der Waals surface area contributed by atoms with Crippen molar-refractivity contribution in [3.63, 3.8) is 0 Å². The molecular formula is C15H15ClN2O. The molecule has 1 saturated heterocycles. The topological polar surface area (TPSA) is 33.2 Å². The predicted molar refractivity (Wildman–Crippen MR) is 75.7 cm³/mol. The molecule has 2 rings (SSSR count). The first-order valence-corrected chi connectivity index (χ1v) is 6.46. The van der Waals surface area contributed by atoms with Gasteiger partial charge < -0.3 is 4.90 Å². The van der Waals surface area contributed by atoms with Crippen LogP contribution >= 0.6 is 11.6 Å². The molecule has 1 aromatic rings. The van der Waals surface area contributed by atoms with Crippen LogP contribution in [0.1, 0.15) is 26.0 Å². The van der Waals surface area contributed by atoms with Gasteiger partial charge in [-0.05, 0) is 50.0 Å². The molecule has 0 radical (unpaired) electrons. The molecule has 1 fully saturated rings. The number of hydrogen-bond acceptors (Lipinski definition) is 2. The molecule has 19 heavy (non-hydrogen) atoms. The Morgan fingerprint density at radius 2 is 2.32 bits per heavy atom. The maximum atomic E-state index is 10.9. The lowest BCUT2D eigenvalue weighted by Crippen LogP contribution is -2.37. The Kier molecular flexibility index (Phi) is 3.92. The molecule has 0 spiro atoms. The molecule has 0 N–H and O–H groups in total. The monoisotopic (exact) mass is 274 g/mol. The van der Waals surface area contributed by atoms with Gasteiger partial charge in [-0.2, -0.15) is 0 Å². The highest BCUT2D eigenvalue weighted by Gasteiger charge is 2.35. The van der Waals surface area contributed by atoms with Crippen LogP contribution in [0.5, 0.6) is 0 Å². The summed E-state index contributed by atoms with van der Waals surface area (Å²) in [5, 5.41) is 0.625. The molecule has 1 aliphatic heterocycles. The van der Waals surface area contributed by atoms with Gasteiger partial charge in [-0.25, -0.2) is 4.98 Å². The molecule has 98 valence electrons. The van der Waals surface area contributed by atoms with Crippen molar-refractivity contribution in [1.82, 2.24) is 9.88 Å². The molecule has 0 aliphatic carbocycles. The largest absolute Gasteiger partial charge is 0.336 e. The zero-order valence-corrected chi connectivity index (χ0v) is 11.7. The normalized spacial score (nSPS) is 19.1. The molecule has 0 atom stereocenters. The van der Waals surface area contributed by atoms with E-state index >= 15 is 0 Å². The number of likely N-dealkylation sites (tertiary alicyclic amines) is 1. The summed E-state index contributed by atoms with van der Waals surface area (Å²) in [6.07, 6.45) is 5.27. The van der Waals surface area contributed by atoms with Crippen molar-refractivity contribution >= 4 is 18.0 Å². The molecule has 1 aliphatic rings. The Bertz CT molecular complexity index is 581. The first kappa shape index (κ1) is 13.6. The lowest BCUT2D eigenvalue weighted by Gasteiger charge is -2.28. The molecule has 4 heteroatoms. The quantitative estimate of drug-likeness (QED) is 0.583. The van der Waals surface area contributed by atoms with Gasteiger partial charge in [0.2, 0.25) is 6.41 Å². The molecular weight excluding hydrogens is 260 g/mol. The maximum absolute atomic E-state index is 10.9. The van der Waals surface area contributed by atoms with E-state index in [1.807, 2.05) is 19.9 Å². The summed E-state index contributed by atoms with van der Waals surface area (Å²) in [4.78, 5) is 16.8. The average molecular weight is 275 g/mol. The highest BCUT2D eigenvalue weighted by Crippen LogP contribution is 2.32. The third-order valence-corrected chi connectivity index (χ3v) is 3.66. The molecule has 3 nitrogen and oxygen atoms in total. The van der Waals surface area contributed by atoms with E-state index in [-0.39, 0.29) is 5.54 Å². The van der Waals surface area contributed by atoms with Crippen LogP contribution in [-0.4, -0.2) is 28.4 Å². The molecule has 0 bridgehead atoms. The third kappa shape index (κ3) is 2.97. The van der Waals surface area contributed by atoms with Crippen LogP contribution in [0, 0.1) is 11.8 Å². The summed E-state index contributed by atoms with van der Waals surface area (Å²) in [7, 11) is 0. The second-order valence-corrected chi connectivity index (χ2v) is 5.34. The number of carbonyl (C=O) groups excluding carboxylic acids is 1. The van der Waals surface area contributed by atoms with Crippen LogP contribution in [0.4, 0.5) is 0 Å². The second kappa shape index (κ2) is 5.46. The third-order valence-electron chi connectivity index (χ3n) is 3.42. The van der Waals surface area contributed by atoms with Crippen molar-refractivity contribution in [2.75, 3.05) is 6.54 Å². The van der Waals surface area contributed by atoms with Crippen LogP contribution < -0.4 is 0 Å². The highest BCUT2D eigenvalue weighted by atomic mass is 35.5.